The van der Waals surface area contributed by atoms with Crippen LogP contribution >= 0.6 is 45.3 Å². The summed E-state index contributed by atoms with van der Waals surface area (Å²) in [5.41, 5.74) is 2.35. The highest BCUT2D eigenvalue weighted by atomic mass is 32.1. The van der Waals surface area contributed by atoms with Crippen molar-refractivity contribution in [2.45, 2.75) is 51.9 Å². The van der Waals surface area contributed by atoms with Crippen LogP contribution in [0.3, 0.4) is 0 Å². The van der Waals surface area contributed by atoms with Crippen LogP contribution in [0, 0.1) is 0 Å². The lowest BCUT2D eigenvalue weighted by atomic mass is 9.92. The molecule has 0 aliphatic heterocycles. The van der Waals surface area contributed by atoms with E-state index in [-0.39, 0.29) is 0 Å². The maximum atomic E-state index is 13.4. The fourth-order valence-corrected chi connectivity index (χ4v) is 10.8. The number of carbonyl (C=O) groups is 2. The number of carbonyl (C=O) groups excluding carboxylic acids is 2. The topological polar surface area (TPSA) is 34.1 Å². The number of alkyl halides is 6. The summed E-state index contributed by atoms with van der Waals surface area (Å²) in [4.78, 5) is 23.7. The van der Waals surface area contributed by atoms with Gasteiger partial charge >= 0.3 is 12.4 Å². The molecule has 4 heterocycles. The van der Waals surface area contributed by atoms with E-state index in [0.717, 1.165) is 88.7 Å². The predicted octanol–water partition coefficient (Wildman–Crippen LogP) is 12.2. The monoisotopic (exact) mass is 678 g/mol. The molecule has 0 saturated heterocycles. The molecule has 0 fully saturated rings. The first-order valence-electron chi connectivity index (χ1n) is 13.8. The molecule has 0 atom stereocenters. The fourth-order valence-electron chi connectivity index (χ4n) is 6.13. The molecule has 44 heavy (non-hydrogen) atoms. The SMILES string of the molecule is CCCc1c(CCC)c2sc3ccc4sc(C(=O)C(F)(F)F)cc4c3c2c2c1sc1ccc3sc(C(=O)C(F)(F)F)cc3c12. The number of ketones is 2. The Morgan fingerprint density at radius 1 is 0.568 bits per heavy atom. The molecule has 0 saturated carbocycles. The van der Waals surface area contributed by atoms with Crippen LogP contribution in [0.1, 0.15) is 57.2 Å². The predicted molar refractivity (Wildman–Crippen MR) is 172 cm³/mol. The summed E-state index contributed by atoms with van der Waals surface area (Å²) in [7, 11) is 0. The summed E-state index contributed by atoms with van der Waals surface area (Å²) in [5, 5.41) is 4.25. The molecule has 0 aliphatic carbocycles. The maximum absolute atomic E-state index is 13.4. The molecular formula is C32H20F6O2S4. The van der Waals surface area contributed by atoms with E-state index in [1.165, 1.54) is 23.3 Å². The van der Waals surface area contributed by atoms with Crippen molar-refractivity contribution in [1.82, 2.24) is 0 Å². The van der Waals surface area contributed by atoms with E-state index in [9.17, 15) is 35.9 Å². The summed E-state index contributed by atoms with van der Waals surface area (Å²) in [6, 6.07) is 9.88. The number of aryl methyl sites for hydroxylation is 2. The third-order valence-electron chi connectivity index (χ3n) is 7.83. The van der Waals surface area contributed by atoms with Crippen molar-refractivity contribution < 1.29 is 35.9 Å². The van der Waals surface area contributed by atoms with Gasteiger partial charge in [0.25, 0.3) is 11.6 Å². The average molecular weight is 679 g/mol. The van der Waals surface area contributed by atoms with Crippen LogP contribution in [0.25, 0.3) is 60.5 Å². The number of thiophene rings is 4. The second-order valence-corrected chi connectivity index (χ2v) is 14.9. The number of hydrogen-bond acceptors (Lipinski definition) is 6. The zero-order chi connectivity index (χ0) is 31.3. The van der Waals surface area contributed by atoms with Gasteiger partial charge in [0.1, 0.15) is 0 Å². The summed E-state index contributed by atoms with van der Waals surface area (Å²) in [5.74, 6) is -3.78. The molecule has 0 N–H and O–H groups in total. The van der Waals surface area contributed by atoms with Gasteiger partial charge in [0, 0.05) is 60.5 Å². The molecule has 0 amide bonds. The Morgan fingerprint density at radius 2 is 0.932 bits per heavy atom. The number of Topliss-reactive ketones (excluding diaryl/α,β-unsaturated/α-hetero) is 2. The van der Waals surface area contributed by atoms with Crippen LogP contribution < -0.4 is 0 Å². The van der Waals surface area contributed by atoms with Gasteiger partial charge < -0.3 is 0 Å². The Kier molecular flexibility index (Phi) is 6.89. The van der Waals surface area contributed by atoms with Gasteiger partial charge in [-0.2, -0.15) is 26.3 Å². The van der Waals surface area contributed by atoms with Gasteiger partial charge in [-0.25, -0.2) is 0 Å². The van der Waals surface area contributed by atoms with Gasteiger partial charge in [-0.05, 0) is 60.4 Å². The van der Waals surface area contributed by atoms with Crippen molar-refractivity contribution in [2.24, 2.45) is 0 Å². The van der Waals surface area contributed by atoms with Crippen LogP contribution in [0.2, 0.25) is 0 Å². The largest absolute Gasteiger partial charge is 0.455 e. The highest BCUT2D eigenvalue weighted by molar-refractivity contribution is 7.29. The lowest BCUT2D eigenvalue weighted by Gasteiger charge is -2.13. The van der Waals surface area contributed by atoms with E-state index in [0.29, 0.717) is 20.2 Å². The third kappa shape index (κ3) is 4.39. The molecule has 0 bridgehead atoms. The molecular weight excluding hydrogens is 659 g/mol. The average Bonchev–Trinajstić information content (AvgIpc) is 3.73. The van der Waals surface area contributed by atoms with E-state index in [1.54, 1.807) is 34.8 Å². The van der Waals surface area contributed by atoms with E-state index in [4.69, 9.17) is 0 Å². The molecule has 226 valence electrons. The molecule has 4 aromatic heterocycles. The van der Waals surface area contributed by atoms with E-state index in [2.05, 4.69) is 13.8 Å². The Balaban J connectivity index is 1.70. The van der Waals surface area contributed by atoms with E-state index >= 15 is 0 Å². The number of rotatable bonds is 6. The summed E-state index contributed by atoms with van der Waals surface area (Å²) < 4.78 is 85.3. The van der Waals surface area contributed by atoms with Crippen molar-refractivity contribution in [3.05, 3.63) is 57.3 Å². The Hall–Kier alpha value is -3.06. The number of benzene rings is 3. The van der Waals surface area contributed by atoms with Crippen molar-refractivity contribution in [2.75, 3.05) is 0 Å². The normalized spacial score (nSPS) is 13.1. The molecule has 0 aliphatic rings. The first-order valence-corrected chi connectivity index (χ1v) is 17.0. The second-order valence-electron chi connectivity index (χ2n) is 10.6. The first-order chi connectivity index (χ1) is 20.8. The zero-order valence-electron chi connectivity index (χ0n) is 23.0. The lowest BCUT2D eigenvalue weighted by molar-refractivity contribution is -0.0885. The molecule has 7 rings (SSSR count). The van der Waals surface area contributed by atoms with Crippen molar-refractivity contribution in [3.8, 4) is 0 Å². The Labute approximate surface area is 261 Å². The molecule has 0 radical (unpaired) electrons. The minimum Gasteiger partial charge on any atom is -0.283 e. The van der Waals surface area contributed by atoms with Gasteiger partial charge in [0.2, 0.25) is 0 Å². The molecule has 7 aromatic rings. The Morgan fingerprint density at radius 3 is 1.27 bits per heavy atom. The third-order valence-corrected chi connectivity index (χ3v) is 12.5. The zero-order valence-corrected chi connectivity index (χ0v) is 26.3. The van der Waals surface area contributed by atoms with Crippen molar-refractivity contribution in [3.63, 3.8) is 0 Å². The van der Waals surface area contributed by atoms with Crippen LogP contribution in [0.15, 0.2) is 36.4 Å². The first kappa shape index (κ1) is 29.6. The van der Waals surface area contributed by atoms with Crippen LogP contribution in [-0.4, -0.2) is 23.9 Å². The number of halogens is 6. The van der Waals surface area contributed by atoms with Gasteiger partial charge in [-0.15, -0.1) is 45.3 Å². The van der Waals surface area contributed by atoms with Gasteiger partial charge in [-0.3, -0.25) is 9.59 Å². The summed E-state index contributed by atoms with van der Waals surface area (Å²) in [6.07, 6.45) is -6.71. The van der Waals surface area contributed by atoms with Crippen LogP contribution in [0.5, 0.6) is 0 Å². The molecule has 0 spiro atoms. The van der Waals surface area contributed by atoms with Gasteiger partial charge in [0.15, 0.2) is 0 Å². The van der Waals surface area contributed by atoms with E-state index in [1.807, 2.05) is 12.1 Å². The van der Waals surface area contributed by atoms with Crippen LogP contribution in [-0.2, 0) is 12.8 Å². The lowest BCUT2D eigenvalue weighted by Crippen LogP contribution is -2.21. The minimum absolute atomic E-state index is 0.391. The van der Waals surface area contributed by atoms with Crippen molar-refractivity contribution >= 4 is 117 Å². The number of hydrogen-bond donors (Lipinski definition) is 0. The van der Waals surface area contributed by atoms with Crippen molar-refractivity contribution in [1.29, 1.82) is 0 Å². The van der Waals surface area contributed by atoms with E-state index < -0.39 is 33.7 Å². The smallest absolute Gasteiger partial charge is 0.283 e. The minimum atomic E-state index is -5.01. The molecule has 3 aromatic carbocycles. The Bertz CT molecular complexity index is 2160. The standard InChI is InChI=1S/C32H20F6O2S4/c1-3-5-13-14(6-4-2)28-26(24-16-12-22(30(40)32(36,37)38)42-18(16)8-10-20(24)44-28)25-23-15-11-21(29(39)31(33,34)35)41-17(15)7-9-19(23)43-27(13)25/h7-12H,3-6H2,1-2H3. The molecule has 12 heteroatoms. The second kappa shape index (κ2) is 10.2. The molecule has 0 unspecified atom stereocenters. The summed E-state index contributed by atoms with van der Waals surface area (Å²) in [6.45, 7) is 4.17. The molecule has 2 nitrogen and oxygen atoms in total. The van der Waals surface area contributed by atoms with Crippen LogP contribution in [0.4, 0.5) is 26.3 Å². The van der Waals surface area contributed by atoms with Gasteiger partial charge in [0.05, 0.1) is 9.75 Å². The fraction of sp³-hybridized carbons (Fsp3) is 0.250. The quantitative estimate of drug-likeness (QED) is 0.130. The number of fused-ring (bicyclic) bond motifs is 11. The highest BCUT2D eigenvalue weighted by Crippen LogP contribution is 2.53. The van der Waals surface area contributed by atoms with Gasteiger partial charge in [-0.1, -0.05) is 26.7 Å². The highest BCUT2D eigenvalue weighted by Gasteiger charge is 2.41. The summed E-state index contributed by atoms with van der Waals surface area (Å²) >= 11 is 4.71. The maximum Gasteiger partial charge on any atom is 0.455 e.